The maximum absolute atomic E-state index is 14.8. The minimum absolute atomic E-state index is 0.00116. The van der Waals surface area contributed by atoms with Crippen molar-refractivity contribution < 1.29 is 33.8 Å². The molecular weight excluding hydrogens is 895 g/mol. The highest BCUT2D eigenvalue weighted by Gasteiger charge is 2.40. The van der Waals surface area contributed by atoms with E-state index in [0.717, 1.165) is 76.6 Å². The van der Waals surface area contributed by atoms with E-state index >= 15 is 0 Å². The lowest BCUT2D eigenvalue weighted by Gasteiger charge is -2.37. The van der Waals surface area contributed by atoms with Gasteiger partial charge < -0.3 is 29.5 Å². The number of aryl methyl sites for hydroxylation is 1. The quantitative estimate of drug-likeness (QED) is 0.0806. The van der Waals surface area contributed by atoms with Gasteiger partial charge >= 0.3 is 5.97 Å². The number of allylic oxidation sites excluding steroid dienone is 2. The molecule has 378 valence electrons. The first kappa shape index (κ1) is 51.1. The molecule has 0 spiro atoms. The molecule has 0 radical (unpaired) electrons. The van der Waals surface area contributed by atoms with Gasteiger partial charge in [-0.2, -0.15) is 0 Å². The summed E-state index contributed by atoms with van der Waals surface area (Å²) in [6.45, 7) is 17.6. The highest BCUT2D eigenvalue weighted by molar-refractivity contribution is 5.96. The molecule has 8 rings (SSSR count). The minimum atomic E-state index is -1.16. The van der Waals surface area contributed by atoms with Crippen LogP contribution in [0.4, 0.5) is 0 Å². The van der Waals surface area contributed by atoms with Crippen molar-refractivity contribution in [1.29, 1.82) is 0 Å². The number of aromatic hydroxyl groups is 1. The van der Waals surface area contributed by atoms with Crippen LogP contribution in [0.25, 0.3) is 33.3 Å². The zero-order chi connectivity index (χ0) is 50.7. The summed E-state index contributed by atoms with van der Waals surface area (Å²) in [6.07, 6.45) is 13.1. The molecular formula is C57H73N7O7. The lowest BCUT2D eigenvalue weighted by molar-refractivity contribution is -0.155. The Labute approximate surface area is 418 Å². The predicted molar refractivity (Wildman–Crippen MR) is 276 cm³/mol. The van der Waals surface area contributed by atoms with Gasteiger partial charge in [0.25, 0.3) is 5.91 Å². The van der Waals surface area contributed by atoms with E-state index in [1.165, 1.54) is 21.6 Å². The molecule has 2 aromatic heterocycles. The van der Waals surface area contributed by atoms with Gasteiger partial charge in [-0.1, -0.05) is 65.0 Å². The van der Waals surface area contributed by atoms with Crippen LogP contribution in [0.2, 0.25) is 0 Å². The monoisotopic (exact) mass is 968 g/mol. The molecule has 2 saturated heterocycles. The van der Waals surface area contributed by atoms with Crippen LogP contribution < -0.4 is 10.7 Å². The summed E-state index contributed by atoms with van der Waals surface area (Å²) in [7, 11) is 1.59. The zero-order valence-electron chi connectivity index (χ0n) is 42.8. The van der Waals surface area contributed by atoms with Gasteiger partial charge in [0, 0.05) is 79.3 Å². The number of ether oxygens (including phenoxy) is 1. The molecule has 2 fully saturated rings. The lowest BCUT2D eigenvalue weighted by atomic mass is 9.84. The van der Waals surface area contributed by atoms with Crippen molar-refractivity contribution in [2.75, 3.05) is 33.3 Å². The Morgan fingerprint density at radius 3 is 2.52 bits per heavy atom. The maximum atomic E-state index is 14.8. The standard InChI is InChI=1S/C57H73N7O7/c1-9-36-14-12-15-38(18-17-36)46-21-19-40(32-58-46)52-45-31-57(6,7)34-71-56(70)47-16-13-24-64(60-47)55(69)48(28-37-26-42(29-43(65)27-37)39-20-22-49(44(45)30-39)63(52)11-3)59-53(67)51(35(4)5)61(8)54(68)41-23-25-62(33-41)50(66)10-2/h10,14,19-22,26-27,29-30,32,35,38,41,47-48,51,60,65H,2,9,11-13,15-18,23-25,28,31,33-34H2,1,3-8H3,(H,59,67)/t38?,41-,47-,48-,51-/m0/s1. The molecule has 5 atom stereocenters. The average Bonchev–Trinajstić information content (AvgIpc) is 3.88. The van der Waals surface area contributed by atoms with Gasteiger partial charge in [-0.3, -0.25) is 34.0 Å². The molecule has 71 heavy (non-hydrogen) atoms. The van der Waals surface area contributed by atoms with Crippen LogP contribution in [-0.4, -0.2) is 110 Å². The van der Waals surface area contributed by atoms with Crippen molar-refractivity contribution in [3.8, 4) is 28.1 Å². The molecule has 1 aliphatic carbocycles. The SMILES string of the molecule is C=CC(=O)N1CC[C@H](C(=O)N(C)[C@H](C(=O)N[C@H]2Cc3cc(O)cc(c3)-c3ccc4c(c3)c(c(-c3ccc(C5CCC=C(CC)CC5)nc3)n4CC)CC(C)(C)COC(=O)[C@@H]3CCCN(N3)C2=O)C(C)C)C1. The number of aromatic nitrogens is 2. The number of fused-ring (bicyclic) bond motifs is 6. The highest BCUT2D eigenvalue weighted by atomic mass is 16.5. The number of hydrogen-bond donors (Lipinski definition) is 3. The predicted octanol–water partition coefficient (Wildman–Crippen LogP) is 8.26. The fourth-order valence-corrected chi connectivity index (χ4v) is 11.4. The van der Waals surface area contributed by atoms with Crippen molar-refractivity contribution >= 4 is 40.5 Å². The number of amides is 4. The van der Waals surface area contributed by atoms with Gasteiger partial charge in [0.15, 0.2) is 0 Å². The van der Waals surface area contributed by atoms with Crippen molar-refractivity contribution in [1.82, 2.24) is 35.1 Å². The summed E-state index contributed by atoms with van der Waals surface area (Å²) in [6, 6.07) is 13.1. The van der Waals surface area contributed by atoms with Gasteiger partial charge in [-0.25, -0.2) is 5.43 Å². The number of nitrogens with one attached hydrogen (secondary N) is 2. The summed E-state index contributed by atoms with van der Waals surface area (Å²) in [5, 5.41) is 16.8. The topological polar surface area (TPSA) is 166 Å². The summed E-state index contributed by atoms with van der Waals surface area (Å²) < 4.78 is 8.49. The molecule has 3 aliphatic heterocycles. The Morgan fingerprint density at radius 1 is 1.01 bits per heavy atom. The fraction of sp³-hybridized carbons (Fsp3) is 0.509. The van der Waals surface area contributed by atoms with Crippen LogP contribution in [0.3, 0.4) is 0 Å². The van der Waals surface area contributed by atoms with Crippen molar-refractivity contribution in [2.45, 2.75) is 136 Å². The first-order chi connectivity index (χ1) is 34.0. The number of cyclic esters (lactones) is 1. The highest BCUT2D eigenvalue weighted by Crippen LogP contribution is 2.41. The van der Waals surface area contributed by atoms with E-state index < -0.39 is 47.2 Å². The molecule has 6 bridgehead atoms. The number of hydrazine groups is 1. The van der Waals surface area contributed by atoms with Crippen LogP contribution in [0.5, 0.6) is 5.75 Å². The van der Waals surface area contributed by atoms with Gasteiger partial charge in [0.2, 0.25) is 17.7 Å². The lowest BCUT2D eigenvalue weighted by Crippen LogP contribution is -2.62. The van der Waals surface area contributed by atoms with Crippen molar-refractivity contribution in [3.05, 3.63) is 95.9 Å². The minimum Gasteiger partial charge on any atom is -0.508 e. The largest absolute Gasteiger partial charge is 0.508 e. The average molecular weight is 968 g/mol. The van der Waals surface area contributed by atoms with Gasteiger partial charge in [-0.05, 0) is 135 Å². The number of pyridine rings is 1. The Morgan fingerprint density at radius 2 is 1.80 bits per heavy atom. The third-order valence-corrected chi connectivity index (χ3v) is 15.2. The van der Waals surface area contributed by atoms with Crippen LogP contribution in [-0.2, 0) is 48.1 Å². The van der Waals surface area contributed by atoms with E-state index in [4.69, 9.17) is 9.72 Å². The Bertz CT molecular complexity index is 2700. The zero-order valence-corrected chi connectivity index (χ0v) is 42.8. The maximum Gasteiger partial charge on any atom is 0.324 e. The van der Waals surface area contributed by atoms with E-state index in [0.29, 0.717) is 50.3 Å². The normalized spacial score (nSPS) is 22.3. The van der Waals surface area contributed by atoms with E-state index in [9.17, 15) is 29.1 Å². The molecule has 14 nitrogen and oxygen atoms in total. The fourth-order valence-electron chi connectivity index (χ4n) is 11.4. The van der Waals surface area contributed by atoms with Crippen LogP contribution in [0.1, 0.15) is 116 Å². The second kappa shape index (κ2) is 21.6. The van der Waals surface area contributed by atoms with Gasteiger partial charge in [0.05, 0.1) is 18.2 Å². The number of hydrogen-bond acceptors (Lipinski definition) is 9. The number of nitrogens with zero attached hydrogens (tertiary/aromatic N) is 5. The van der Waals surface area contributed by atoms with Gasteiger partial charge in [-0.15, -0.1) is 0 Å². The number of benzene rings is 2. The number of phenols is 1. The number of rotatable bonds is 10. The van der Waals surface area contributed by atoms with E-state index in [-0.39, 0.29) is 49.6 Å². The summed E-state index contributed by atoms with van der Waals surface area (Å²) in [5.41, 5.74) is 11.7. The third-order valence-electron chi connectivity index (χ3n) is 15.2. The Balaban J connectivity index is 1.16. The molecule has 0 saturated carbocycles. The Kier molecular flexibility index (Phi) is 15.5. The number of likely N-dealkylation sites (N-methyl/N-ethyl adjacent to an activating group) is 1. The molecule has 1 unspecified atom stereocenters. The molecule has 3 N–H and O–H groups in total. The Hall–Kier alpha value is -6.28. The van der Waals surface area contributed by atoms with Crippen LogP contribution >= 0.6 is 0 Å². The second-order valence-electron chi connectivity index (χ2n) is 21.3. The first-order valence-corrected chi connectivity index (χ1v) is 25.8. The van der Waals surface area contributed by atoms with E-state index in [1.54, 1.807) is 24.1 Å². The molecule has 2 aromatic carbocycles. The summed E-state index contributed by atoms with van der Waals surface area (Å²) in [5.74, 6) is -2.39. The molecule has 5 heterocycles. The first-order valence-electron chi connectivity index (χ1n) is 25.8. The third kappa shape index (κ3) is 11.1. The smallest absolute Gasteiger partial charge is 0.324 e. The molecule has 4 aliphatic rings. The number of phenolic OH excluding ortho intramolecular Hbond substituents is 1. The van der Waals surface area contributed by atoms with Crippen LogP contribution in [0, 0.1) is 17.3 Å². The summed E-state index contributed by atoms with van der Waals surface area (Å²) in [4.78, 5) is 77.8. The van der Waals surface area contributed by atoms with E-state index in [2.05, 4.69) is 86.0 Å². The molecule has 4 aromatic rings. The summed E-state index contributed by atoms with van der Waals surface area (Å²) >= 11 is 0. The number of carbonyl (C=O) groups excluding carboxylic acids is 5. The van der Waals surface area contributed by atoms with Crippen LogP contribution in [0.15, 0.2) is 79.0 Å². The molecule has 14 heteroatoms. The van der Waals surface area contributed by atoms with Gasteiger partial charge in [0.1, 0.15) is 23.9 Å². The molecule has 4 amide bonds. The number of esters is 1. The van der Waals surface area contributed by atoms with E-state index in [1.807, 2.05) is 26.1 Å². The number of carbonyl (C=O) groups is 5. The van der Waals surface area contributed by atoms with Crippen molar-refractivity contribution in [2.24, 2.45) is 17.3 Å². The second-order valence-corrected chi connectivity index (χ2v) is 21.3. The number of likely N-dealkylation sites (tertiary alicyclic amines) is 1. The van der Waals surface area contributed by atoms with Crippen molar-refractivity contribution in [3.63, 3.8) is 0 Å².